The van der Waals surface area contributed by atoms with Crippen molar-refractivity contribution in [2.24, 2.45) is 0 Å². The van der Waals surface area contributed by atoms with Crippen LogP contribution in [0.3, 0.4) is 0 Å². The van der Waals surface area contributed by atoms with Crippen LogP contribution in [0.1, 0.15) is 38.2 Å². The van der Waals surface area contributed by atoms with Gasteiger partial charge < -0.3 is 5.32 Å². The van der Waals surface area contributed by atoms with Crippen LogP contribution < -0.4 is 10.9 Å². The number of nitrogens with zero attached hydrogens (tertiary/aromatic N) is 2. The number of fused-ring (bicyclic) bond motifs is 1. The van der Waals surface area contributed by atoms with Crippen LogP contribution >= 0.6 is 11.8 Å². The zero-order valence-corrected chi connectivity index (χ0v) is 20.3. The van der Waals surface area contributed by atoms with Gasteiger partial charge in [0.15, 0.2) is 15.0 Å². The first kappa shape index (κ1) is 23.5. The molecule has 2 atom stereocenters. The quantitative estimate of drug-likeness (QED) is 0.407. The number of hydrogen-bond donors (Lipinski definition) is 1. The maximum atomic E-state index is 13.4. The van der Waals surface area contributed by atoms with Gasteiger partial charge in [0.25, 0.3) is 5.56 Å². The molecule has 1 aliphatic heterocycles. The summed E-state index contributed by atoms with van der Waals surface area (Å²) < 4.78 is 24.8. The number of rotatable bonds is 7. The van der Waals surface area contributed by atoms with Gasteiger partial charge in [-0.3, -0.25) is 14.2 Å². The zero-order chi connectivity index (χ0) is 23.6. The van der Waals surface area contributed by atoms with E-state index in [4.69, 9.17) is 0 Å². The zero-order valence-electron chi connectivity index (χ0n) is 18.7. The number of para-hydroxylation sites is 1. The summed E-state index contributed by atoms with van der Waals surface area (Å²) in [6.45, 7) is 4.30. The van der Waals surface area contributed by atoms with E-state index < -0.39 is 9.84 Å². The Balaban J connectivity index is 1.63. The Morgan fingerprint density at radius 1 is 1.21 bits per heavy atom. The average molecular weight is 486 g/mol. The van der Waals surface area contributed by atoms with E-state index in [2.05, 4.69) is 24.1 Å². The first-order valence-electron chi connectivity index (χ1n) is 11.0. The molecule has 1 aromatic heterocycles. The molecule has 0 saturated carbocycles. The summed E-state index contributed by atoms with van der Waals surface area (Å²) in [6.07, 6.45) is 1.45. The molecule has 174 valence electrons. The lowest BCUT2D eigenvalue weighted by molar-refractivity contribution is -0.119. The number of benzene rings is 2. The molecule has 2 heterocycles. The Morgan fingerprint density at radius 3 is 2.61 bits per heavy atom. The lowest BCUT2D eigenvalue weighted by atomic mass is 9.98. The minimum Gasteiger partial charge on any atom is -0.352 e. The SMILES string of the molecule is CC[C@H](C)c1ccc(-n2c(SCC(=O)N[C@H]3CCS(=O)(=O)C3)nc3ccccc3c2=O)cc1. The largest absolute Gasteiger partial charge is 0.352 e. The predicted octanol–water partition coefficient (Wildman–Crippen LogP) is 3.29. The van der Waals surface area contributed by atoms with Gasteiger partial charge in [0.05, 0.1) is 33.8 Å². The van der Waals surface area contributed by atoms with Gasteiger partial charge in [-0.05, 0) is 48.6 Å². The number of nitrogens with one attached hydrogen (secondary N) is 1. The standard InChI is InChI=1S/C24H27N3O4S2/c1-3-16(2)17-8-10-19(11-9-17)27-23(29)20-6-4-5-7-21(20)26-24(27)32-14-22(28)25-18-12-13-33(30,31)15-18/h4-11,16,18H,3,12-15H2,1-2H3,(H,25,28)/t16-,18-/m0/s1. The van der Waals surface area contributed by atoms with Gasteiger partial charge >= 0.3 is 0 Å². The second-order valence-electron chi connectivity index (χ2n) is 8.41. The van der Waals surface area contributed by atoms with E-state index in [0.717, 1.165) is 6.42 Å². The highest BCUT2D eigenvalue weighted by molar-refractivity contribution is 7.99. The fraction of sp³-hybridized carbons (Fsp3) is 0.375. The van der Waals surface area contributed by atoms with E-state index >= 15 is 0 Å². The van der Waals surface area contributed by atoms with Gasteiger partial charge in [0.1, 0.15) is 0 Å². The van der Waals surface area contributed by atoms with Crippen molar-refractivity contribution in [1.29, 1.82) is 0 Å². The summed E-state index contributed by atoms with van der Waals surface area (Å²) in [7, 11) is -3.07. The fourth-order valence-corrected chi connectivity index (χ4v) is 6.43. The third-order valence-corrected chi connectivity index (χ3v) is 8.71. The lowest BCUT2D eigenvalue weighted by Crippen LogP contribution is -2.36. The van der Waals surface area contributed by atoms with Crippen molar-refractivity contribution < 1.29 is 13.2 Å². The second kappa shape index (κ2) is 9.69. The molecule has 0 aliphatic carbocycles. The number of amides is 1. The molecule has 2 aromatic carbocycles. The van der Waals surface area contributed by atoms with Gasteiger partial charge in [-0.1, -0.05) is 49.9 Å². The van der Waals surface area contributed by atoms with E-state index in [1.54, 1.807) is 22.8 Å². The van der Waals surface area contributed by atoms with Crippen LogP contribution in [0.4, 0.5) is 0 Å². The summed E-state index contributed by atoms with van der Waals surface area (Å²) in [4.78, 5) is 30.5. The molecular formula is C24H27N3O4S2. The molecule has 33 heavy (non-hydrogen) atoms. The van der Waals surface area contributed by atoms with E-state index in [9.17, 15) is 18.0 Å². The maximum Gasteiger partial charge on any atom is 0.266 e. The van der Waals surface area contributed by atoms with Crippen molar-refractivity contribution in [3.8, 4) is 5.69 Å². The smallest absolute Gasteiger partial charge is 0.266 e. The molecule has 3 aromatic rings. The topological polar surface area (TPSA) is 98.1 Å². The van der Waals surface area contributed by atoms with Crippen molar-refractivity contribution in [2.45, 2.75) is 43.8 Å². The molecule has 1 amide bonds. The van der Waals surface area contributed by atoms with Gasteiger partial charge in [0, 0.05) is 6.04 Å². The molecule has 1 fully saturated rings. The van der Waals surface area contributed by atoms with E-state index in [1.165, 1.54) is 17.3 Å². The first-order chi connectivity index (χ1) is 15.8. The minimum atomic E-state index is -3.07. The highest BCUT2D eigenvalue weighted by Crippen LogP contribution is 2.24. The van der Waals surface area contributed by atoms with Crippen LogP contribution in [0, 0.1) is 0 Å². The fourth-order valence-electron chi connectivity index (χ4n) is 3.93. The second-order valence-corrected chi connectivity index (χ2v) is 11.6. The number of sulfone groups is 1. The number of thioether (sulfide) groups is 1. The number of hydrogen-bond acceptors (Lipinski definition) is 6. The molecule has 9 heteroatoms. The molecule has 7 nitrogen and oxygen atoms in total. The molecule has 0 radical (unpaired) electrons. The molecule has 4 rings (SSSR count). The number of aromatic nitrogens is 2. The van der Waals surface area contributed by atoms with E-state index in [-0.39, 0.29) is 34.8 Å². The van der Waals surface area contributed by atoms with Crippen LogP contribution in [0.2, 0.25) is 0 Å². The molecule has 0 unspecified atom stereocenters. The average Bonchev–Trinajstić information content (AvgIpc) is 3.15. The molecule has 1 N–H and O–H groups in total. The molecule has 0 bridgehead atoms. The van der Waals surface area contributed by atoms with E-state index in [1.807, 2.05) is 30.3 Å². The molecule has 1 saturated heterocycles. The van der Waals surface area contributed by atoms with Crippen LogP contribution in [-0.4, -0.2) is 47.2 Å². The van der Waals surface area contributed by atoms with E-state index in [0.29, 0.717) is 34.1 Å². The van der Waals surface area contributed by atoms with Crippen molar-refractivity contribution in [1.82, 2.24) is 14.9 Å². The minimum absolute atomic E-state index is 0.0229. The number of carbonyl (C=O) groups excluding carboxylic acids is 1. The van der Waals surface area contributed by atoms with Crippen molar-refractivity contribution >= 4 is 38.4 Å². The Morgan fingerprint density at radius 2 is 1.94 bits per heavy atom. The van der Waals surface area contributed by atoms with Crippen LogP contribution in [0.25, 0.3) is 16.6 Å². The maximum absolute atomic E-state index is 13.4. The Bertz CT molecular complexity index is 1330. The summed E-state index contributed by atoms with van der Waals surface area (Å²) in [5.41, 5.74) is 2.26. The van der Waals surface area contributed by atoms with Crippen molar-refractivity contribution in [3.63, 3.8) is 0 Å². The van der Waals surface area contributed by atoms with Gasteiger partial charge in [-0.15, -0.1) is 0 Å². The van der Waals surface area contributed by atoms with Crippen LogP contribution in [-0.2, 0) is 14.6 Å². The Hall–Kier alpha value is -2.65. The van der Waals surface area contributed by atoms with Gasteiger partial charge in [0.2, 0.25) is 5.91 Å². The highest BCUT2D eigenvalue weighted by Gasteiger charge is 2.29. The molecule has 1 aliphatic rings. The summed E-state index contributed by atoms with van der Waals surface area (Å²) in [5, 5.41) is 3.72. The van der Waals surface area contributed by atoms with Crippen LogP contribution in [0.15, 0.2) is 58.5 Å². The highest BCUT2D eigenvalue weighted by atomic mass is 32.2. The monoisotopic (exact) mass is 485 g/mol. The van der Waals surface area contributed by atoms with Crippen molar-refractivity contribution in [2.75, 3.05) is 17.3 Å². The summed E-state index contributed by atoms with van der Waals surface area (Å²) in [6, 6.07) is 14.7. The molecular weight excluding hydrogens is 458 g/mol. The van der Waals surface area contributed by atoms with Gasteiger partial charge in [-0.2, -0.15) is 0 Å². The first-order valence-corrected chi connectivity index (χ1v) is 13.8. The van der Waals surface area contributed by atoms with Crippen molar-refractivity contribution in [3.05, 3.63) is 64.4 Å². The third-order valence-electron chi connectivity index (χ3n) is 6.01. The predicted molar refractivity (Wildman–Crippen MR) is 132 cm³/mol. The summed E-state index contributed by atoms with van der Waals surface area (Å²) >= 11 is 1.17. The third kappa shape index (κ3) is 5.30. The Labute approximate surface area is 197 Å². The van der Waals surface area contributed by atoms with Gasteiger partial charge in [-0.25, -0.2) is 13.4 Å². The van der Waals surface area contributed by atoms with Crippen LogP contribution in [0.5, 0.6) is 0 Å². The number of carbonyl (C=O) groups is 1. The lowest BCUT2D eigenvalue weighted by Gasteiger charge is -2.15. The Kier molecular flexibility index (Phi) is 6.90. The molecule has 0 spiro atoms. The summed E-state index contributed by atoms with van der Waals surface area (Å²) in [5.74, 6) is 0.256. The normalized spacial score (nSPS) is 18.3.